The van der Waals surface area contributed by atoms with Gasteiger partial charge in [0.1, 0.15) is 12.4 Å². The van der Waals surface area contributed by atoms with E-state index in [1.807, 2.05) is 25.1 Å². The number of Topliss-reactive ketones (excluding diaryl/α,β-unsaturated/α-hetero) is 1. The summed E-state index contributed by atoms with van der Waals surface area (Å²) in [5, 5.41) is 1.02. The van der Waals surface area contributed by atoms with E-state index in [0.29, 0.717) is 6.61 Å². The van der Waals surface area contributed by atoms with Gasteiger partial charge >= 0.3 is 0 Å². The predicted molar refractivity (Wildman–Crippen MR) is 62.2 cm³/mol. The van der Waals surface area contributed by atoms with Crippen LogP contribution in [0.1, 0.15) is 23.0 Å². The third-order valence-corrected chi connectivity index (χ3v) is 3.23. The zero-order valence-corrected chi connectivity index (χ0v) is 9.41. The summed E-state index contributed by atoms with van der Waals surface area (Å²) in [5.41, 5.74) is 2.96. The molecular formula is C13H13NO2. The molecule has 2 heterocycles. The summed E-state index contributed by atoms with van der Waals surface area (Å²) in [5.74, 6) is 1.01. The molecule has 82 valence electrons. The first-order chi connectivity index (χ1) is 7.70. The predicted octanol–water partition coefficient (Wildman–Crippen LogP) is 2.54. The van der Waals surface area contributed by atoms with Crippen LogP contribution < -0.4 is 4.74 Å². The van der Waals surface area contributed by atoms with Gasteiger partial charge in [-0.15, -0.1) is 0 Å². The van der Waals surface area contributed by atoms with Gasteiger partial charge in [0.25, 0.3) is 0 Å². The average molecular weight is 215 g/mol. The maximum atomic E-state index is 11.7. The fourth-order valence-corrected chi connectivity index (χ4v) is 2.59. The third-order valence-electron chi connectivity index (χ3n) is 3.23. The molecule has 0 radical (unpaired) electrons. The molecule has 3 nitrogen and oxygen atoms in total. The van der Waals surface area contributed by atoms with Crippen LogP contribution in [0.2, 0.25) is 0 Å². The lowest BCUT2D eigenvalue weighted by molar-refractivity contribution is 0.101. The zero-order chi connectivity index (χ0) is 11.3. The molecule has 1 aliphatic heterocycles. The van der Waals surface area contributed by atoms with Crippen LogP contribution in [0.4, 0.5) is 0 Å². The number of benzene rings is 1. The third kappa shape index (κ3) is 1.06. The second-order valence-electron chi connectivity index (χ2n) is 4.17. The van der Waals surface area contributed by atoms with Crippen LogP contribution in [0.5, 0.6) is 5.75 Å². The number of rotatable bonds is 1. The minimum Gasteiger partial charge on any atom is -0.490 e. The van der Waals surface area contributed by atoms with Crippen LogP contribution in [0, 0.1) is 6.92 Å². The van der Waals surface area contributed by atoms with Crippen molar-refractivity contribution in [3.63, 3.8) is 0 Å². The fourth-order valence-electron chi connectivity index (χ4n) is 2.59. The summed E-state index contributed by atoms with van der Waals surface area (Å²) >= 11 is 0. The van der Waals surface area contributed by atoms with E-state index in [4.69, 9.17) is 4.74 Å². The molecule has 0 bridgehead atoms. The molecule has 0 spiro atoms. The van der Waals surface area contributed by atoms with Crippen LogP contribution in [-0.2, 0) is 6.54 Å². The Labute approximate surface area is 93.6 Å². The molecule has 0 aliphatic carbocycles. The number of nitrogens with zero attached hydrogens (tertiary/aromatic N) is 1. The quantitative estimate of drug-likeness (QED) is 0.684. The van der Waals surface area contributed by atoms with Gasteiger partial charge in [-0.05, 0) is 19.9 Å². The van der Waals surface area contributed by atoms with E-state index in [2.05, 4.69) is 4.57 Å². The molecule has 1 aromatic carbocycles. The van der Waals surface area contributed by atoms with Gasteiger partial charge in [0.05, 0.1) is 12.1 Å². The zero-order valence-electron chi connectivity index (χ0n) is 9.41. The van der Waals surface area contributed by atoms with Crippen LogP contribution in [0.3, 0.4) is 0 Å². The summed E-state index contributed by atoms with van der Waals surface area (Å²) in [6.45, 7) is 5.13. The van der Waals surface area contributed by atoms with Crippen molar-refractivity contribution >= 4 is 16.7 Å². The first kappa shape index (κ1) is 9.46. The molecule has 1 aromatic heterocycles. The SMILES string of the molecule is CC(=O)c1c(C)n2c3c(cccc13)OCC2. The summed E-state index contributed by atoms with van der Waals surface area (Å²) in [6, 6.07) is 5.90. The Morgan fingerprint density at radius 1 is 1.44 bits per heavy atom. The summed E-state index contributed by atoms with van der Waals surface area (Å²) in [7, 11) is 0. The Bertz CT molecular complexity index is 595. The van der Waals surface area contributed by atoms with Crippen molar-refractivity contribution in [1.82, 2.24) is 4.57 Å². The highest BCUT2D eigenvalue weighted by Crippen LogP contribution is 2.35. The highest BCUT2D eigenvalue weighted by Gasteiger charge is 2.22. The number of hydrogen-bond donors (Lipinski definition) is 0. The summed E-state index contributed by atoms with van der Waals surface area (Å²) < 4.78 is 7.80. The Kier molecular flexibility index (Phi) is 1.84. The lowest BCUT2D eigenvalue weighted by Crippen LogP contribution is -2.15. The van der Waals surface area contributed by atoms with E-state index >= 15 is 0 Å². The summed E-state index contributed by atoms with van der Waals surface area (Å²) in [4.78, 5) is 11.7. The van der Waals surface area contributed by atoms with Gasteiger partial charge in [-0.1, -0.05) is 12.1 Å². The number of para-hydroxylation sites is 1. The van der Waals surface area contributed by atoms with Crippen LogP contribution in [0.25, 0.3) is 10.9 Å². The van der Waals surface area contributed by atoms with Gasteiger partial charge in [0, 0.05) is 16.6 Å². The van der Waals surface area contributed by atoms with Crippen molar-refractivity contribution in [2.45, 2.75) is 20.4 Å². The molecule has 0 saturated heterocycles. The average Bonchev–Trinajstić information content (AvgIpc) is 2.55. The molecule has 0 unspecified atom stereocenters. The molecule has 2 aromatic rings. The fraction of sp³-hybridized carbons (Fsp3) is 0.308. The Balaban J connectivity index is 2.50. The number of aromatic nitrogens is 1. The first-order valence-electron chi connectivity index (χ1n) is 5.45. The van der Waals surface area contributed by atoms with Crippen LogP contribution >= 0.6 is 0 Å². The second-order valence-corrected chi connectivity index (χ2v) is 4.17. The van der Waals surface area contributed by atoms with Gasteiger partial charge in [0.15, 0.2) is 5.78 Å². The van der Waals surface area contributed by atoms with Crippen molar-refractivity contribution in [1.29, 1.82) is 0 Å². The van der Waals surface area contributed by atoms with E-state index in [9.17, 15) is 4.79 Å². The molecule has 0 amide bonds. The maximum Gasteiger partial charge on any atom is 0.162 e. The molecule has 0 N–H and O–H groups in total. The lowest BCUT2D eigenvalue weighted by atomic mass is 10.1. The number of ether oxygens (including phenoxy) is 1. The Morgan fingerprint density at radius 2 is 2.25 bits per heavy atom. The molecule has 0 saturated carbocycles. The van der Waals surface area contributed by atoms with Gasteiger partial charge in [-0.2, -0.15) is 0 Å². The Hall–Kier alpha value is -1.77. The number of carbonyl (C=O) groups is 1. The van der Waals surface area contributed by atoms with Crippen molar-refractivity contribution in [2.75, 3.05) is 6.61 Å². The maximum absolute atomic E-state index is 11.7. The van der Waals surface area contributed by atoms with E-state index in [1.165, 1.54) is 0 Å². The molecule has 3 heteroatoms. The summed E-state index contributed by atoms with van der Waals surface area (Å²) in [6.07, 6.45) is 0. The molecule has 0 atom stereocenters. The van der Waals surface area contributed by atoms with Gasteiger partial charge in [0.2, 0.25) is 0 Å². The highest BCUT2D eigenvalue weighted by molar-refractivity contribution is 6.09. The van der Waals surface area contributed by atoms with E-state index < -0.39 is 0 Å². The smallest absolute Gasteiger partial charge is 0.162 e. The number of ketones is 1. The van der Waals surface area contributed by atoms with Crippen LogP contribution in [-0.4, -0.2) is 17.0 Å². The number of hydrogen-bond acceptors (Lipinski definition) is 2. The standard InChI is InChI=1S/C13H13NO2/c1-8-12(9(2)15)10-4-3-5-11-13(10)14(8)6-7-16-11/h3-5H,6-7H2,1-2H3. The lowest BCUT2D eigenvalue weighted by Gasteiger charge is -2.17. The van der Waals surface area contributed by atoms with E-state index in [-0.39, 0.29) is 5.78 Å². The highest BCUT2D eigenvalue weighted by atomic mass is 16.5. The molecule has 3 rings (SSSR count). The largest absolute Gasteiger partial charge is 0.490 e. The van der Waals surface area contributed by atoms with Crippen LogP contribution in [0.15, 0.2) is 18.2 Å². The number of carbonyl (C=O) groups excluding carboxylic acids is 1. The van der Waals surface area contributed by atoms with Gasteiger partial charge in [-0.3, -0.25) is 4.79 Å². The van der Waals surface area contributed by atoms with Gasteiger partial charge < -0.3 is 9.30 Å². The van der Waals surface area contributed by atoms with Crippen molar-refractivity contribution in [3.05, 3.63) is 29.5 Å². The minimum atomic E-state index is 0.125. The first-order valence-corrected chi connectivity index (χ1v) is 5.45. The molecule has 16 heavy (non-hydrogen) atoms. The van der Waals surface area contributed by atoms with Gasteiger partial charge in [-0.25, -0.2) is 0 Å². The molecule has 0 fully saturated rings. The second kappa shape index (κ2) is 3.11. The van der Waals surface area contributed by atoms with Crippen molar-refractivity contribution in [3.8, 4) is 5.75 Å². The Morgan fingerprint density at radius 3 is 3.00 bits per heavy atom. The topological polar surface area (TPSA) is 31.2 Å². The van der Waals surface area contributed by atoms with Crippen molar-refractivity contribution in [2.24, 2.45) is 0 Å². The monoisotopic (exact) mass is 215 g/mol. The molecular weight excluding hydrogens is 202 g/mol. The molecule has 1 aliphatic rings. The van der Waals surface area contributed by atoms with E-state index in [0.717, 1.165) is 34.5 Å². The minimum absolute atomic E-state index is 0.125. The normalized spacial score (nSPS) is 13.9. The van der Waals surface area contributed by atoms with E-state index in [1.54, 1.807) is 6.92 Å². The van der Waals surface area contributed by atoms with Crippen molar-refractivity contribution < 1.29 is 9.53 Å².